The quantitative estimate of drug-likeness (QED) is 0.738. The fourth-order valence-corrected chi connectivity index (χ4v) is 3.49. The third kappa shape index (κ3) is 3.21. The maximum atomic E-state index is 10.1. The van der Waals surface area contributed by atoms with Gasteiger partial charge in [-0.05, 0) is 37.6 Å². The molecule has 0 aromatic rings. The van der Waals surface area contributed by atoms with E-state index in [4.69, 9.17) is 0 Å². The maximum absolute atomic E-state index is 10.1. The minimum atomic E-state index is -0.118. The molecule has 1 saturated heterocycles. The van der Waals surface area contributed by atoms with Crippen LogP contribution in [0.25, 0.3) is 0 Å². The zero-order chi connectivity index (χ0) is 12.3. The van der Waals surface area contributed by atoms with E-state index in [2.05, 4.69) is 11.8 Å². The van der Waals surface area contributed by atoms with E-state index in [1.54, 1.807) is 0 Å². The summed E-state index contributed by atoms with van der Waals surface area (Å²) in [6.45, 7) is 4.57. The van der Waals surface area contributed by atoms with Crippen molar-refractivity contribution in [2.24, 2.45) is 11.8 Å². The molecular formula is C14H27NO2. The number of likely N-dealkylation sites (tertiary alicyclic amines) is 1. The summed E-state index contributed by atoms with van der Waals surface area (Å²) in [5.74, 6) is 1.03. The third-order valence-corrected chi connectivity index (χ3v) is 4.77. The Hall–Kier alpha value is -0.120. The Bertz CT molecular complexity index is 234. The summed E-state index contributed by atoms with van der Waals surface area (Å²) in [5.41, 5.74) is 0. The fourth-order valence-electron chi connectivity index (χ4n) is 3.49. The van der Waals surface area contributed by atoms with Crippen molar-refractivity contribution in [2.45, 2.75) is 57.6 Å². The second-order valence-electron chi connectivity index (χ2n) is 5.98. The first-order valence-corrected chi connectivity index (χ1v) is 7.25. The largest absolute Gasteiger partial charge is 0.395 e. The van der Waals surface area contributed by atoms with Crippen LogP contribution in [0.15, 0.2) is 0 Å². The van der Waals surface area contributed by atoms with E-state index in [0.717, 1.165) is 25.9 Å². The summed E-state index contributed by atoms with van der Waals surface area (Å²) in [7, 11) is 0. The zero-order valence-corrected chi connectivity index (χ0v) is 11.0. The van der Waals surface area contributed by atoms with Crippen molar-refractivity contribution in [1.82, 2.24) is 4.90 Å². The van der Waals surface area contributed by atoms with Crippen LogP contribution in [0.2, 0.25) is 0 Å². The van der Waals surface area contributed by atoms with Crippen LogP contribution in [0.1, 0.15) is 45.4 Å². The van der Waals surface area contributed by atoms with Crippen LogP contribution in [-0.2, 0) is 0 Å². The molecule has 0 radical (unpaired) electrons. The molecule has 1 aliphatic carbocycles. The molecule has 4 unspecified atom stereocenters. The highest BCUT2D eigenvalue weighted by Crippen LogP contribution is 2.29. The molecular weight excluding hydrogens is 214 g/mol. The second-order valence-corrected chi connectivity index (χ2v) is 5.98. The van der Waals surface area contributed by atoms with Crippen molar-refractivity contribution in [3.63, 3.8) is 0 Å². The Labute approximate surface area is 105 Å². The zero-order valence-electron chi connectivity index (χ0n) is 11.0. The Morgan fingerprint density at radius 1 is 1.12 bits per heavy atom. The van der Waals surface area contributed by atoms with Crippen LogP contribution in [0.4, 0.5) is 0 Å². The van der Waals surface area contributed by atoms with Crippen LogP contribution < -0.4 is 0 Å². The lowest BCUT2D eigenvalue weighted by Crippen LogP contribution is -2.41. The van der Waals surface area contributed by atoms with E-state index in [9.17, 15) is 10.2 Å². The predicted octanol–water partition coefficient (Wildman–Crippen LogP) is 1.63. The Balaban J connectivity index is 1.90. The minimum absolute atomic E-state index is 0.118. The molecule has 0 amide bonds. The molecule has 3 nitrogen and oxygen atoms in total. The van der Waals surface area contributed by atoms with Gasteiger partial charge in [-0.15, -0.1) is 0 Å². The van der Waals surface area contributed by atoms with Crippen molar-refractivity contribution in [3.8, 4) is 0 Å². The van der Waals surface area contributed by atoms with Gasteiger partial charge in [-0.25, -0.2) is 0 Å². The second kappa shape index (κ2) is 6.17. The molecule has 2 N–H and O–H groups in total. The lowest BCUT2D eigenvalue weighted by atomic mass is 9.96. The van der Waals surface area contributed by atoms with Gasteiger partial charge < -0.3 is 10.2 Å². The van der Waals surface area contributed by atoms with E-state index >= 15 is 0 Å². The molecule has 4 atom stereocenters. The molecule has 1 aliphatic heterocycles. The highest BCUT2D eigenvalue weighted by atomic mass is 16.3. The number of aliphatic hydroxyl groups excluding tert-OH is 2. The third-order valence-electron chi connectivity index (χ3n) is 4.77. The molecule has 17 heavy (non-hydrogen) atoms. The molecule has 0 aromatic heterocycles. The van der Waals surface area contributed by atoms with Crippen molar-refractivity contribution in [2.75, 3.05) is 19.7 Å². The van der Waals surface area contributed by atoms with Gasteiger partial charge in [0.2, 0.25) is 0 Å². The van der Waals surface area contributed by atoms with Crippen LogP contribution in [-0.4, -0.2) is 47.0 Å². The highest BCUT2D eigenvalue weighted by Gasteiger charge is 2.33. The van der Waals surface area contributed by atoms with Gasteiger partial charge in [-0.3, -0.25) is 4.90 Å². The lowest BCUT2D eigenvalue weighted by molar-refractivity contribution is 0.0558. The van der Waals surface area contributed by atoms with Gasteiger partial charge in [0.1, 0.15) is 0 Å². The molecule has 1 heterocycles. The fraction of sp³-hybridized carbons (Fsp3) is 1.00. The van der Waals surface area contributed by atoms with E-state index < -0.39 is 0 Å². The molecule has 0 aromatic carbocycles. The van der Waals surface area contributed by atoms with Crippen LogP contribution in [0.3, 0.4) is 0 Å². The number of aliphatic hydroxyl groups is 2. The number of rotatable bonds is 3. The molecule has 0 bridgehead atoms. The molecule has 1 saturated carbocycles. The van der Waals surface area contributed by atoms with Gasteiger partial charge >= 0.3 is 0 Å². The van der Waals surface area contributed by atoms with Crippen LogP contribution >= 0.6 is 0 Å². The summed E-state index contributed by atoms with van der Waals surface area (Å²) < 4.78 is 0. The van der Waals surface area contributed by atoms with Gasteiger partial charge in [0, 0.05) is 12.6 Å². The van der Waals surface area contributed by atoms with E-state index in [-0.39, 0.29) is 12.7 Å². The summed E-state index contributed by atoms with van der Waals surface area (Å²) in [5, 5.41) is 19.6. The number of hydrogen-bond donors (Lipinski definition) is 2. The Morgan fingerprint density at radius 3 is 2.65 bits per heavy atom. The Morgan fingerprint density at radius 2 is 1.88 bits per heavy atom. The average molecular weight is 241 g/mol. The standard InChI is InChI=1S/C14H27NO2/c1-11-7-8-15(13(11)10-16)9-12-5-3-2-4-6-14(12)17/h11-14,16-17H,2-10H2,1H3. The van der Waals surface area contributed by atoms with Crippen molar-refractivity contribution in [3.05, 3.63) is 0 Å². The Kier molecular flexibility index (Phi) is 4.83. The lowest BCUT2D eigenvalue weighted by Gasteiger charge is -2.30. The van der Waals surface area contributed by atoms with E-state index in [1.165, 1.54) is 25.7 Å². The molecule has 0 spiro atoms. The minimum Gasteiger partial charge on any atom is -0.395 e. The summed E-state index contributed by atoms with van der Waals surface area (Å²) in [6.07, 6.45) is 6.91. The van der Waals surface area contributed by atoms with Crippen LogP contribution in [0, 0.1) is 11.8 Å². The molecule has 2 fully saturated rings. The number of nitrogens with zero attached hydrogens (tertiary/aromatic N) is 1. The van der Waals surface area contributed by atoms with E-state index in [1.807, 2.05) is 0 Å². The monoisotopic (exact) mass is 241 g/mol. The van der Waals surface area contributed by atoms with Gasteiger partial charge in [0.25, 0.3) is 0 Å². The normalized spacial score (nSPS) is 40.4. The first-order chi connectivity index (χ1) is 8.22. The SMILES string of the molecule is CC1CCN(CC2CCCCCC2O)C1CO. The number of hydrogen-bond acceptors (Lipinski definition) is 3. The summed E-state index contributed by atoms with van der Waals surface area (Å²) >= 11 is 0. The molecule has 3 heteroatoms. The smallest absolute Gasteiger partial charge is 0.0589 e. The maximum Gasteiger partial charge on any atom is 0.0589 e. The van der Waals surface area contributed by atoms with Gasteiger partial charge in [0.15, 0.2) is 0 Å². The van der Waals surface area contributed by atoms with Crippen LogP contribution in [0.5, 0.6) is 0 Å². The van der Waals surface area contributed by atoms with Gasteiger partial charge in [0.05, 0.1) is 12.7 Å². The molecule has 100 valence electrons. The molecule has 2 aliphatic rings. The highest BCUT2D eigenvalue weighted by molar-refractivity contribution is 4.87. The summed E-state index contributed by atoms with van der Waals surface area (Å²) in [4.78, 5) is 2.41. The van der Waals surface area contributed by atoms with E-state index in [0.29, 0.717) is 17.9 Å². The first-order valence-electron chi connectivity index (χ1n) is 7.25. The van der Waals surface area contributed by atoms with Crippen molar-refractivity contribution in [1.29, 1.82) is 0 Å². The predicted molar refractivity (Wildman–Crippen MR) is 68.8 cm³/mol. The van der Waals surface area contributed by atoms with Gasteiger partial charge in [-0.1, -0.05) is 26.2 Å². The van der Waals surface area contributed by atoms with Crippen molar-refractivity contribution >= 4 is 0 Å². The van der Waals surface area contributed by atoms with Crippen molar-refractivity contribution < 1.29 is 10.2 Å². The first kappa shape index (κ1) is 13.3. The average Bonchev–Trinajstić information content (AvgIpc) is 2.54. The summed E-state index contributed by atoms with van der Waals surface area (Å²) in [6, 6.07) is 0.324. The molecule has 2 rings (SSSR count). The van der Waals surface area contributed by atoms with Gasteiger partial charge in [-0.2, -0.15) is 0 Å². The topological polar surface area (TPSA) is 43.7 Å².